The van der Waals surface area contributed by atoms with E-state index >= 15 is 0 Å². The van der Waals surface area contributed by atoms with Crippen LogP contribution in [0.5, 0.6) is 0 Å². The van der Waals surface area contributed by atoms with Gasteiger partial charge in [0, 0.05) is 6.07 Å². The second kappa shape index (κ2) is 10.1. The van der Waals surface area contributed by atoms with E-state index in [-0.39, 0.29) is 28.8 Å². The van der Waals surface area contributed by atoms with Gasteiger partial charge in [0.2, 0.25) is 11.8 Å². The summed E-state index contributed by atoms with van der Waals surface area (Å²) >= 11 is 1.06. The van der Waals surface area contributed by atoms with Crippen LogP contribution in [0.3, 0.4) is 0 Å². The molecular weight excluding hydrogens is 415 g/mol. The first kappa shape index (κ1) is 23.2. The molecule has 2 aromatic rings. The molecule has 0 fully saturated rings. The van der Waals surface area contributed by atoms with Crippen LogP contribution in [0.1, 0.15) is 26.5 Å². The summed E-state index contributed by atoms with van der Waals surface area (Å²) in [5, 5.41) is 11.2. The Kier molecular flexibility index (Phi) is 7.81. The summed E-state index contributed by atoms with van der Waals surface area (Å²) in [7, 11) is 0. The number of anilines is 3. The van der Waals surface area contributed by atoms with Gasteiger partial charge in [-0.1, -0.05) is 5.16 Å². The van der Waals surface area contributed by atoms with E-state index in [1.165, 1.54) is 6.07 Å². The third-order valence-corrected chi connectivity index (χ3v) is 4.19. The average Bonchev–Trinajstić information content (AvgIpc) is 3.00. The monoisotopic (exact) mass is 438 g/mol. The first-order valence-corrected chi connectivity index (χ1v) is 10.1. The molecule has 0 atom stereocenters. The van der Waals surface area contributed by atoms with Crippen LogP contribution in [0.2, 0.25) is 0 Å². The van der Waals surface area contributed by atoms with Crippen LogP contribution in [-0.2, 0) is 14.3 Å². The highest BCUT2D eigenvalue weighted by atomic mass is 32.2. The molecule has 30 heavy (non-hydrogen) atoms. The number of carbonyl (C=O) groups excluding carboxylic acids is 3. The lowest BCUT2D eigenvalue weighted by atomic mass is 10.2. The first-order valence-electron chi connectivity index (χ1n) is 8.92. The fraction of sp³-hybridized carbons (Fsp3) is 0.368. The molecule has 0 aliphatic rings. The zero-order chi connectivity index (χ0) is 22.3. The zero-order valence-electron chi connectivity index (χ0n) is 17.0. The lowest BCUT2D eigenvalue weighted by molar-refractivity contribution is -0.114. The summed E-state index contributed by atoms with van der Waals surface area (Å²) in [5.41, 5.74) is -0.452. The van der Waals surface area contributed by atoms with Gasteiger partial charge in [-0.3, -0.25) is 14.9 Å². The number of rotatable bonds is 7. The summed E-state index contributed by atoms with van der Waals surface area (Å²) in [6, 6.07) is 5.11. The van der Waals surface area contributed by atoms with Crippen molar-refractivity contribution in [3.63, 3.8) is 0 Å². The van der Waals surface area contributed by atoms with E-state index in [1.54, 1.807) is 33.8 Å². The number of carbonyl (C=O) groups is 3. The van der Waals surface area contributed by atoms with Gasteiger partial charge in [-0.15, -0.1) is 11.8 Å². The number of hydrogen-bond donors (Lipinski definition) is 3. The Morgan fingerprint density at radius 1 is 1.07 bits per heavy atom. The highest BCUT2D eigenvalue weighted by Crippen LogP contribution is 2.24. The van der Waals surface area contributed by atoms with Crippen LogP contribution in [0.4, 0.5) is 26.4 Å². The number of aryl methyl sites for hydroxylation is 1. The maximum absolute atomic E-state index is 13.6. The van der Waals surface area contributed by atoms with Crippen molar-refractivity contribution in [1.29, 1.82) is 0 Å². The molecular formula is C19H23FN4O5S. The van der Waals surface area contributed by atoms with Gasteiger partial charge in [-0.2, -0.15) is 0 Å². The third-order valence-electron chi connectivity index (χ3n) is 3.25. The van der Waals surface area contributed by atoms with Crippen molar-refractivity contribution < 1.29 is 28.0 Å². The molecule has 0 aliphatic heterocycles. The standard InChI is InChI=1S/C19H23FN4O5S/c1-11-7-15(24-29-11)23-17(26)10-30-9-16(25)21-14-8-12(20)5-6-13(14)22-18(27)28-19(2,3)4/h5-8H,9-10H2,1-4H3,(H,21,25)(H,22,27)(H,23,24,26). The van der Waals surface area contributed by atoms with Gasteiger partial charge in [-0.05, 0) is 45.9 Å². The van der Waals surface area contributed by atoms with Gasteiger partial charge in [0.1, 0.15) is 17.2 Å². The van der Waals surface area contributed by atoms with Crippen molar-refractivity contribution >= 4 is 46.9 Å². The Labute approximate surface area is 177 Å². The van der Waals surface area contributed by atoms with Gasteiger partial charge in [0.15, 0.2) is 5.82 Å². The summed E-state index contributed by atoms with van der Waals surface area (Å²) in [6.07, 6.45) is -0.737. The van der Waals surface area contributed by atoms with Crippen LogP contribution < -0.4 is 16.0 Å². The number of ether oxygens (including phenoxy) is 1. The van der Waals surface area contributed by atoms with E-state index in [1.807, 2.05) is 0 Å². The molecule has 1 aromatic heterocycles. The molecule has 1 heterocycles. The number of nitrogens with zero attached hydrogens (tertiary/aromatic N) is 1. The Morgan fingerprint density at radius 3 is 2.33 bits per heavy atom. The van der Waals surface area contributed by atoms with Gasteiger partial charge in [0.25, 0.3) is 0 Å². The second-order valence-corrected chi connectivity index (χ2v) is 8.21. The number of aromatic nitrogens is 1. The van der Waals surface area contributed by atoms with Crippen molar-refractivity contribution in [2.24, 2.45) is 0 Å². The molecule has 0 saturated carbocycles. The first-order chi connectivity index (χ1) is 14.0. The fourth-order valence-electron chi connectivity index (χ4n) is 2.17. The van der Waals surface area contributed by atoms with Crippen LogP contribution in [0, 0.1) is 12.7 Å². The van der Waals surface area contributed by atoms with Gasteiger partial charge >= 0.3 is 6.09 Å². The molecule has 2 rings (SSSR count). The van der Waals surface area contributed by atoms with Crippen molar-refractivity contribution in [1.82, 2.24) is 5.16 Å². The molecule has 9 nitrogen and oxygen atoms in total. The molecule has 0 aliphatic carbocycles. The Morgan fingerprint density at radius 2 is 1.73 bits per heavy atom. The maximum Gasteiger partial charge on any atom is 0.412 e. The van der Waals surface area contributed by atoms with Crippen LogP contribution >= 0.6 is 11.8 Å². The summed E-state index contributed by atoms with van der Waals surface area (Å²) < 4.78 is 23.6. The van der Waals surface area contributed by atoms with Crippen LogP contribution in [0.25, 0.3) is 0 Å². The summed E-state index contributed by atoms with van der Waals surface area (Å²) in [4.78, 5) is 36.0. The molecule has 3 N–H and O–H groups in total. The molecule has 0 bridgehead atoms. The van der Waals surface area contributed by atoms with Crippen molar-refractivity contribution in [2.75, 3.05) is 27.5 Å². The highest BCUT2D eigenvalue weighted by molar-refractivity contribution is 8.00. The number of benzene rings is 1. The number of halogens is 1. The predicted molar refractivity (Wildman–Crippen MR) is 112 cm³/mol. The molecule has 3 amide bonds. The summed E-state index contributed by atoms with van der Waals surface area (Å²) in [6.45, 7) is 6.81. The van der Waals surface area contributed by atoms with E-state index in [4.69, 9.17) is 9.26 Å². The molecule has 0 spiro atoms. The Hall–Kier alpha value is -3.08. The molecule has 1 aromatic carbocycles. The minimum atomic E-state index is -0.737. The topological polar surface area (TPSA) is 123 Å². The number of nitrogens with one attached hydrogen (secondary N) is 3. The lowest BCUT2D eigenvalue weighted by Crippen LogP contribution is -2.27. The Bertz CT molecular complexity index is 926. The number of hydrogen-bond acceptors (Lipinski definition) is 7. The zero-order valence-corrected chi connectivity index (χ0v) is 17.8. The quantitative estimate of drug-likeness (QED) is 0.601. The van der Waals surface area contributed by atoms with E-state index in [2.05, 4.69) is 21.1 Å². The van der Waals surface area contributed by atoms with Crippen LogP contribution in [-0.4, -0.2) is 40.2 Å². The molecule has 0 unspecified atom stereocenters. The van der Waals surface area contributed by atoms with E-state index < -0.39 is 23.4 Å². The van der Waals surface area contributed by atoms with Crippen molar-refractivity contribution in [3.8, 4) is 0 Å². The van der Waals surface area contributed by atoms with E-state index in [9.17, 15) is 18.8 Å². The van der Waals surface area contributed by atoms with Gasteiger partial charge < -0.3 is 19.9 Å². The molecule has 11 heteroatoms. The normalized spacial score (nSPS) is 11.0. The van der Waals surface area contributed by atoms with Crippen molar-refractivity contribution in [2.45, 2.75) is 33.3 Å². The molecule has 0 saturated heterocycles. The SMILES string of the molecule is Cc1cc(NC(=O)CSCC(=O)Nc2cc(F)ccc2NC(=O)OC(C)(C)C)no1. The minimum absolute atomic E-state index is 0.00545. The molecule has 0 radical (unpaired) electrons. The second-order valence-electron chi connectivity index (χ2n) is 7.23. The smallest absolute Gasteiger partial charge is 0.412 e. The molecule has 162 valence electrons. The van der Waals surface area contributed by atoms with Crippen molar-refractivity contribution in [3.05, 3.63) is 35.8 Å². The lowest BCUT2D eigenvalue weighted by Gasteiger charge is -2.20. The maximum atomic E-state index is 13.6. The average molecular weight is 438 g/mol. The third kappa shape index (κ3) is 8.11. The predicted octanol–water partition coefficient (Wildman–Crippen LogP) is 3.78. The summed E-state index contributed by atoms with van der Waals surface area (Å²) in [5.74, 6) is -0.612. The number of thioether (sulfide) groups is 1. The van der Waals surface area contributed by atoms with Gasteiger partial charge in [-0.25, -0.2) is 9.18 Å². The minimum Gasteiger partial charge on any atom is -0.444 e. The largest absolute Gasteiger partial charge is 0.444 e. The van der Waals surface area contributed by atoms with Crippen LogP contribution in [0.15, 0.2) is 28.8 Å². The van der Waals surface area contributed by atoms with Gasteiger partial charge in [0.05, 0.1) is 22.9 Å². The van der Waals surface area contributed by atoms with E-state index in [0.717, 1.165) is 23.9 Å². The highest BCUT2D eigenvalue weighted by Gasteiger charge is 2.18. The van der Waals surface area contributed by atoms with E-state index in [0.29, 0.717) is 11.6 Å². The fourth-order valence-corrected chi connectivity index (χ4v) is 2.79. The number of amides is 3. The Balaban J connectivity index is 1.87.